The molecule has 1 aliphatic rings. The van der Waals surface area contributed by atoms with Crippen LogP contribution < -0.4 is 0 Å². The Morgan fingerprint density at radius 2 is 2.22 bits per heavy atom. The van der Waals surface area contributed by atoms with Crippen LogP contribution in [-0.4, -0.2) is 18.2 Å². The average molecular weight is 129 g/mol. The zero-order chi connectivity index (χ0) is 6.85. The standard InChI is InChI=1S/C6H9O3/c1-9-6(8)5(7)4-2-3-4/h4,7H,2-3H2,1H3. The molecule has 1 fully saturated rings. The molecular weight excluding hydrogens is 120 g/mol. The van der Waals surface area contributed by atoms with E-state index in [-0.39, 0.29) is 12.0 Å². The molecule has 0 aromatic rings. The molecule has 0 atom stereocenters. The highest BCUT2D eigenvalue weighted by atomic mass is 16.5. The largest absolute Gasteiger partial charge is 0.467 e. The van der Waals surface area contributed by atoms with Crippen molar-refractivity contribution in [1.29, 1.82) is 0 Å². The quantitative estimate of drug-likeness (QED) is 0.551. The Kier molecular flexibility index (Phi) is 1.71. The molecule has 0 bridgehead atoms. The molecule has 1 aliphatic carbocycles. The second-order valence-corrected chi connectivity index (χ2v) is 2.15. The van der Waals surface area contributed by atoms with E-state index >= 15 is 0 Å². The molecule has 0 amide bonds. The molecule has 3 nitrogen and oxygen atoms in total. The topological polar surface area (TPSA) is 46.5 Å². The van der Waals surface area contributed by atoms with E-state index in [4.69, 9.17) is 5.11 Å². The predicted molar refractivity (Wildman–Crippen MR) is 29.9 cm³/mol. The Morgan fingerprint density at radius 1 is 1.67 bits per heavy atom. The lowest BCUT2D eigenvalue weighted by molar-refractivity contribution is -0.143. The van der Waals surface area contributed by atoms with E-state index in [2.05, 4.69) is 4.74 Å². The molecule has 0 aromatic carbocycles. The summed E-state index contributed by atoms with van der Waals surface area (Å²) in [6.07, 6.45) is 1.72. The number of aliphatic hydroxyl groups is 1. The van der Waals surface area contributed by atoms with Crippen molar-refractivity contribution in [3.8, 4) is 0 Å². The first-order valence-electron chi connectivity index (χ1n) is 2.90. The van der Waals surface area contributed by atoms with E-state index in [1.54, 1.807) is 0 Å². The number of methoxy groups -OCH3 is 1. The number of carbonyl (C=O) groups excluding carboxylic acids is 1. The van der Waals surface area contributed by atoms with E-state index in [1.165, 1.54) is 7.11 Å². The highest BCUT2D eigenvalue weighted by molar-refractivity contribution is 5.82. The lowest BCUT2D eigenvalue weighted by Gasteiger charge is -2.02. The van der Waals surface area contributed by atoms with Crippen molar-refractivity contribution in [2.45, 2.75) is 12.8 Å². The number of carbonyl (C=O) groups is 1. The van der Waals surface area contributed by atoms with Gasteiger partial charge in [-0.25, -0.2) is 4.79 Å². The molecule has 1 radical (unpaired) electrons. The first-order valence-corrected chi connectivity index (χ1v) is 2.90. The highest BCUT2D eigenvalue weighted by Gasteiger charge is 2.36. The van der Waals surface area contributed by atoms with Gasteiger partial charge in [-0.05, 0) is 12.8 Å². The number of aliphatic hydroxyl groups excluding tert-OH is 1. The van der Waals surface area contributed by atoms with Crippen molar-refractivity contribution in [3.05, 3.63) is 6.10 Å². The average Bonchev–Trinajstić information content (AvgIpc) is 2.66. The first-order chi connectivity index (χ1) is 4.25. The molecule has 1 saturated carbocycles. The normalized spacial score (nSPS) is 18.1. The number of rotatable bonds is 2. The van der Waals surface area contributed by atoms with Gasteiger partial charge in [0.05, 0.1) is 7.11 Å². The van der Waals surface area contributed by atoms with Gasteiger partial charge in [0, 0.05) is 5.92 Å². The minimum Gasteiger partial charge on any atom is -0.467 e. The number of ether oxygens (including phenoxy) is 1. The Hall–Kier alpha value is -0.570. The van der Waals surface area contributed by atoms with E-state index in [9.17, 15) is 4.79 Å². The molecule has 0 unspecified atom stereocenters. The first kappa shape index (κ1) is 6.55. The molecule has 3 heteroatoms. The Labute approximate surface area is 53.6 Å². The second kappa shape index (κ2) is 2.35. The maximum absolute atomic E-state index is 10.5. The van der Waals surface area contributed by atoms with Crippen LogP contribution >= 0.6 is 0 Å². The fourth-order valence-electron chi connectivity index (χ4n) is 0.628. The predicted octanol–water partition coefficient (Wildman–Crippen LogP) is 0.474. The van der Waals surface area contributed by atoms with Crippen molar-refractivity contribution in [2.75, 3.05) is 7.11 Å². The fourth-order valence-corrected chi connectivity index (χ4v) is 0.628. The van der Waals surface area contributed by atoms with Crippen LogP contribution in [0, 0.1) is 12.0 Å². The van der Waals surface area contributed by atoms with Crippen LogP contribution in [0.3, 0.4) is 0 Å². The summed E-state index contributed by atoms with van der Waals surface area (Å²) < 4.78 is 4.29. The van der Waals surface area contributed by atoms with Gasteiger partial charge in [-0.3, -0.25) is 0 Å². The summed E-state index contributed by atoms with van der Waals surface area (Å²) in [4.78, 5) is 10.5. The fraction of sp³-hybridized carbons (Fsp3) is 0.667. The minimum absolute atomic E-state index is 0.0949. The third-order valence-electron chi connectivity index (χ3n) is 1.36. The summed E-state index contributed by atoms with van der Waals surface area (Å²) in [5.41, 5.74) is 0. The minimum atomic E-state index is -0.586. The molecule has 1 N–H and O–H groups in total. The van der Waals surface area contributed by atoms with Gasteiger partial charge >= 0.3 is 5.97 Å². The van der Waals surface area contributed by atoms with Crippen molar-refractivity contribution in [3.63, 3.8) is 0 Å². The van der Waals surface area contributed by atoms with Crippen molar-refractivity contribution >= 4 is 5.97 Å². The van der Waals surface area contributed by atoms with Crippen LogP contribution in [0.4, 0.5) is 0 Å². The summed E-state index contributed by atoms with van der Waals surface area (Å²) in [6, 6.07) is 0. The van der Waals surface area contributed by atoms with Crippen LogP contribution in [-0.2, 0) is 9.53 Å². The van der Waals surface area contributed by atoms with Crippen LogP contribution in [0.25, 0.3) is 0 Å². The van der Waals surface area contributed by atoms with Gasteiger partial charge in [0.25, 0.3) is 0 Å². The zero-order valence-electron chi connectivity index (χ0n) is 5.26. The number of hydrogen-bond donors (Lipinski definition) is 1. The van der Waals surface area contributed by atoms with Crippen LogP contribution in [0.1, 0.15) is 12.8 Å². The summed E-state index contributed by atoms with van der Waals surface area (Å²) in [7, 11) is 1.26. The number of hydrogen-bond acceptors (Lipinski definition) is 3. The molecule has 0 spiro atoms. The monoisotopic (exact) mass is 129 g/mol. The Bertz CT molecular complexity index is 117. The SMILES string of the molecule is COC(=O)[C](O)C1CC1. The zero-order valence-corrected chi connectivity index (χ0v) is 5.26. The Morgan fingerprint density at radius 3 is 2.56 bits per heavy atom. The molecule has 0 saturated heterocycles. The van der Waals surface area contributed by atoms with Crippen molar-refractivity contribution < 1.29 is 14.6 Å². The van der Waals surface area contributed by atoms with Crippen LogP contribution in [0.5, 0.6) is 0 Å². The molecule has 0 heterocycles. The van der Waals surface area contributed by atoms with E-state index in [0.717, 1.165) is 12.8 Å². The van der Waals surface area contributed by atoms with Gasteiger partial charge < -0.3 is 9.84 Å². The van der Waals surface area contributed by atoms with Gasteiger partial charge in [0.15, 0.2) is 0 Å². The second-order valence-electron chi connectivity index (χ2n) is 2.15. The molecule has 1 rings (SSSR count). The smallest absolute Gasteiger partial charge is 0.341 e. The van der Waals surface area contributed by atoms with Gasteiger partial charge in [0.2, 0.25) is 6.10 Å². The van der Waals surface area contributed by atoms with Crippen LogP contribution in [0.2, 0.25) is 0 Å². The maximum atomic E-state index is 10.5. The van der Waals surface area contributed by atoms with E-state index in [0.29, 0.717) is 0 Å². The Balaban J connectivity index is 2.30. The third kappa shape index (κ3) is 1.42. The number of esters is 1. The van der Waals surface area contributed by atoms with Crippen molar-refractivity contribution in [2.24, 2.45) is 5.92 Å². The summed E-state index contributed by atoms with van der Waals surface area (Å²) in [5, 5.41) is 8.90. The van der Waals surface area contributed by atoms with Crippen molar-refractivity contribution in [1.82, 2.24) is 0 Å². The van der Waals surface area contributed by atoms with E-state index < -0.39 is 5.97 Å². The van der Waals surface area contributed by atoms with Gasteiger partial charge in [-0.15, -0.1) is 0 Å². The third-order valence-corrected chi connectivity index (χ3v) is 1.36. The van der Waals surface area contributed by atoms with E-state index in [1.807, 2.05) is 0 Å². The molecular formula is C6H9O3. The summed E-state index contributed by atoms with van der Waals surface area (Å²) in [5.74, 6) is -0.491. The lowest BCUT2D eigenvalue weighted by atomic mass is 10.2. The summed E-state index contributed by atoms with van der Waals surface area (Å²) >= 11 is 0. The molecule has 9 heavy (non-hydrogen) atoms. The van der Waals surface area contributed by atoms with Gasteiger partial charge in [0.1, 0.15) is 0 Å². The maximum Gasteiger partial charge on any atom is 0.341 e. The lowest BCUT2D eigenvalue weighted by Crippen LogP contribution is -2.14. The highest BCUT2D eigenvalue weighted by Crippen LogP contribution is 2.36. The molecule has 0 aliphatic heterocycles. The van der Waals surface area contributed by atoms with Gasteiger partial charge in [-0.1, -0.05) is 0 Å². The molecule has 51 valence electrons. The van der Waals surface area contributed by atoms with Crippen LogP contribution in [0.15, 0.2) is 0 Å². The summed E-state index contributed by atoms with van der Waals surface area (Å²) in [6.45, 7) is 0. The van der Waals surface area contributed by atoms with Gasteiger partial charge in [-0.2, -0.15) is 0 Å². The molecule has 0 aromatic heterocycles.